The van der Waals surface area contributed by atoms with E-state index >= 15 is 0 Å². The summed E-state index contributed by atoms with van der Waals surface area (Å²) < 4.78 is 39.2. The number of nitrogens with zero attached hydrogens (tertiary/aromatic N) is 3. The van der Waals surface area contributed by atoms with Crippen LogP contribution in [0.1, 0.15) is 45.7 Å². The number of carbonyl (C=O) groups excluding carboxylic acids is 2. The van der Waals surface area contributed by atoms with Gasteiger partial charge in [0, 0.05) is 38.9 Å². The van der Waals surface area contributed by atoms with Gasteiger partial charge in [0.2, 0.25) is 5.43 Å². The number of aromatic nitrogens is 1. The Bertz CT molecular complexity index is 1180. The van der Waals surface area contributed by atoms with Crippen molar-refractivity contribution in [2.45, 2.75) is 31.8 Å². The number of methoxy groups -OCH3 is 1. The van der Waals surface area contributed by atoms with Crippen molar-refractivity contribution in [2.24, 2.45) is 0 Å². The monoisotopic (exact) mass is 491 g/mol. The van der Waals surface area contributed by atoms with Crippen LogP contribution in [0.4, 0.5) is 8.78 Å². The molecular formula is C24H27F2N3O6. The number of ketones is 1. The van der Waals surface area contributed by atoms with E-state index in [1.54, 1.807) is 5.01 Å². The van der Waals surface area contributed by atoms with Gasteiger partial charge in [0.1, 0.15) is 18.3 Å². The number of amides is 1. The molecule has 9 nitrogen and oxygen atoms in total. The fourth-order valence-corrected chi connectivity index (χ4v) is 4.35. The van der Waals surface area contributed by atoms with Crippen LogP contribution in [0.3, 0.4) is 0 Å². The Morgan fingerprint density at radius 2 is 2.09 bits per heavy atom. The molecule has 1 atom stereocenters. The Hall–Kier alpha value is -3.31. The number of pyridine rings is 1. The van der Waals surface area contributed by atoms with E-state index in [2.05, 4.69) is 0 Å². The highest BCUT2D eigenvalue weighted by molar-refractivity contribution is 6.00. The van der Waals surface area contributed by atoms with Crippen molar-refractivity contribution in [3.8, 4) is 5.75 Å². The summed E-state index contributed by atoms with van der Waals surface area (Å²) in [6.07, 6.45) is 2.51. The molecule has 0 radical (unpaired) electrons. The highest BCUT2D eigenvalue weighted by Gasteiger charge is 2.35. The number of benzene rings is 1. The maximum absolute atomic E-state index is 13.9. The van der Waals surface area contributed by atoms with Gasteiger partial charge in [-0.2, -0.15) is 0 Å². The highest BCUT2D eigenvalue weighted by atomic mass is 19.1. The van der Waals surface area contributed by atoms with Crippen LogP contribution >= 0.6 is 0 Å². The summed E-state index contributed by atoms with van der Waals surface area (Å²) in [5.74, 6) is -3.52. The highest BCUT2D eigenvalue weighted by Crippen LogP contribution is 2.24. The summed E-state index contributed by atoms with van der Waals surface area (Å²) in [5, 5.41) is 12.4. The smallest absolute Gasteiger partial charge is 0.277 e. The van der Waals surface area contributed by atoms with Crippen molar-refractivity contribution in [1.29, 1.82) is 0 Å². The number of carbonyl (C=O) groups is 2. The lowest BCUT2D eigenvalue weighted by Gasteiger charge is -2.40. The van der Waals surface area contributed by atoms with Crippen LogP contribution in [0.5, 0.6) is 5.75 Å². The number of ether oxygens (including phenoxy) is 2. The first kappa shape index (κ1) is 24.8. The zero-order valence-electron chi connectivity index (χ0n) is 19.3. The van der Waals surface area contributed by atoms with Gasteiger partial charge in [-0.3, -0.25) is 24.1 Å². The van der Waals surface area contributed by atoms with Crippen molar-refractivity contribution in [1.82, 2.24) is 9.58 Å². The molecule has 188 valence electrons. The fraction of sp³-hybridized carbons (Fsp3) is 0.458. The molecular weight excluding hydrogens is 464 g/mol. The Balaban J connectivity index is 1.62. The molecule has 1 aromatic heterocycles. The van der Waals surface area contributed by atoms with E-state index in [9.17, 15) is 28.3 Å². The number of hydrogen-bond acceptors (Lipinski definition) is 7. The molecule has 0 saturated carbocycles. The third kappa shape index (κ3) is 5.20. The van der Waals surface area contributed by atoms with Crippen LogP contribution in [-0.2, 0) is 15.9 Å². The quantitative estimate of drug-likeness (QED) is 0.534. The topological polar surface area (TPSA) is 101 Å². The Morgan fingerprint density at radius 1 is 1.29 bits per heavy atom. The lowest BCUT2D eigenvalue weighted by molar-refractivity contribution is 0.0449. The molecule has 0 spiro atoms. The van der Waals surface area contributed by atoms with Crippen molar-refractivity contribution >= 4 is 11.7 Å². The molecule has 0 aliphatic carbocycles. The molecule has 35 heavy (non-hydrogen) atoms. The first-order valence-electron chi connectivity index (χ1n) is 11.4. The average Bonchev–Trinajstić information content (AvgIpc) is 3.34. The van der Waals surface area contributed by atoms with Gasteiger partial charge in [-0.1, -0.05) is 6.07 Å². The van der Waals surface area contributed by atoms with Crippen molar-refractivity contribution in [2.75, 3.05) is 45.1 Å². The molecule has 1 fully saturated rings. The molecule has 1 saturated heterocycles. The standard InChI is InChI=1S/C24H27F2N3O6/c1-34-10-8-28-14-27(12-17-3-2-9-35-17)24(33)21-23(32)22(31)18(13-29(21)28)20(30)7-5-15-4-6-16(25)11-19(15)26/h4,6,11,13,17,32H,2-3,5,7-10,12,14H2,1H3/t17-/m1/s1. The number of fused-ring (bicyclic) bond motifs is 1. The minimum absolute atomic E-state index is 0.0611. The van der Waals surface area contributed by atoms with Crippen molar-refractivity contribution in [3.63, 3.8) is 0 Å². The van der Waals surface area contributed by atoms with Crippen LogP contribution in [0.2, 0.25) is 0 Å². The predicted octanol–water partition coefficient (Wildman–Crippen LogP) is 1.82. The lowest BCUT2D eigenvalue weighted by Crippen LogP contribution is -2.56. The van der Waals surface area contributed by atoms with Crippen LogP contribution in [0, 0.1) is 11.6 Å². The van der Waals surface area contributed by atoms with E-state index in [4.69, 9.17) is 9.47 Å². The van der Waals surface area contributed by atoms with E-state index in [1.807, 2.05) is 0 Å². The second-order valence-corrected chi connectivity index (χ2v) is 8.60. The molecule has 11 heteroatoms. The summed E-state index contributed by atoms with van der Waals surface area (Å²) in [7, 11) is 1.52. The van der Waals surface area contributed by atoms with Crippen LogP contribution in [-0.4, -0.2) is 72.6 Å². The Labute approximate surface area is 200 Å². The summed E-state index contributed by atoms with van der Waals surface area (Å²) in [6, 6.07) is 3.05. The number of Topliss-reactive ketones (excluding diaryl/α,β-unsaturated/α-hetero) is 1. The van der Waals surface area contributed by atoms with E-state index in [0.29, 0.717) is 26.3 Å². The number of aromatic hydroxyl groups is 1. The van der Waals surface area contributed by atoms with Gasteiger partial charge in [0.25, 0.3) is 5.91 Å². The zero-order valence-corrected chi connectivity index (χ0v) is 19.3. The van der Waals surface area contributed by atoms with Crippen LogP contribution < -0.4 is 10.4 Å². The van der Waals surface area contributed by atoms with Gasteiger partial charge in [-0.05, 0) is 30.9 Å². The van der Waals surface area contributed by atoms with Gasteiger partial charge in [-0.25, -0.2) is 8.78 Å². The second kappa shape index (κ2) is 10.5. The largest absolute Gasteiger partial charge is 0.502 e. The third-order valence-corrected chi connectivity index (χ3v) is 6.23. The summed E-state index contributed by atoms with van der Waals surface area (Å²) in [4.78, 5) is 40.4. The number of rotatable bonds is 9. The molecule has 4 rings (SSSR count). The predicted molar refractivity (Wildman–Crippen MR) is 121 cm³/mol. The molecule has 0 bridgehead atoms. The molecule has 1 amide bonds. The third-order valence-electron chi connectivity index (χ3n) is 6.23. The summed E-state index contributed by atoms with van der Waals surface area (Å²) in [6.45, 7) is 1.68. The van der Waals surface area contributed by atoms with Gasteiger partial charge < -0.3 is 19.5 Å². The van der Waals surface area contributed by atoms with Gasteiger partial charge in [0.05, 0.1) is 24.8 Å². The molecule has 3 heterocycles. The van der Waals surface area contributed by atoms with Crippen molar-refractivity contribution < 1.29 is 33.0 Å². The van der Waals surface area contributed by atoms with E-state index in [0.717, 1.165) is 25.0 Å². The number of aryl methyl sites for hydroxylation is 1. The maximum atomic E-state index is 13.9. The van der Waals surface area contributed by atoms with E-state index in [-0.39, 0.29) is 42.4 Å². The fourth-order valence-electron chi connectivity index (χ4n) is 4.35. The van der Waals surface area contributed by atoms with Gasteiger partial charge >= 0.3 is 0 Å². The minimum atomic E-state index is -0.972. The summed E-state index contributed by atoms with van der Waals surface area (Å²) >= 11 is 0. The lowest BCUT2D eigenvalue weighted by atomic mass is 10.0. The first-order valence-corrected chi connectivity index (χ1v) is 11.4. The van der Waals surface area contributed by atoms with Crippen LogP contribution in [0.25, 0.3) is 0 Å². The molecule has 0 unspecified atom stereocenters. The number of halogens is 2. The molecule has 1 aromatic carbocycles. The first-order chi connectivity index (χ1) is 16.8. The van der Waals surface area contributed by atoms with E-state index < -0.39 is 34.5 Å². The molecule has 1 N–H and O–H groups in total. The maximum Gasteiger partial charge on any atom is 0.277 e. The van der Waals surface area contributed by atoms with Crippen molar-refractivity contribution in [3.05, 3.63) is 63.1 Å². The van der Waals surface area contributed by atoms with Gasteiger partial charge in [0.15, 0.2) is 17.2 Å². The molecule has 2 aliphatic rings. The average molecular weight is 491 g/mol. The van der Waals surface area contributed by atoms with Crippen LogP contribution in [0.15, 0.2) is 29.2 Å². The SMILES string of the molecule is COCCN1CN(C[C@H]2CCCO2)C(=O)c2c(O)c(=O)c(C(=O)CCc3ccc(F)cc3F)cn21. The number of hydrogen-bond donors (Lipinski definition) is 1. The Kier molecular flexibility index (Phi) is 7.46. The van der Waals surface area contributed by atoms with E-state index in [1.165, 1.54) is 28.9 Å². The normalized spacial score (nSPS) is 17.7. The molecule has 2 aromatic rings. The Morgan fingerprint density at radius 3 is 2.77 bits per heavy atom. The molecule has 2 aliphatic heterocycles. The second-order valence-electron chi connectivity index (χ2n) is 8.60. The zero-order chi connectivity index (χ0) is 25.1. The minimum Gasteiger partial charge on any atom is -0.502 e. The van der Waals surface area contributed by atoms with Gasteiger partial charge in [-0.15, -0.1) is 0 Å². The summed E-state index contributed by atoms with van der Waals surface area (Å²) in [5.41, 5.74) is -1.41.